The van der Waals surface area contributed by atoms with Crippen LogP contribution in [0.4, 0.5) is 10.2 Å². The predicted molar refractivity (Wildman–Crippen MR) is 82.6 cm³/mol. The summed E-state index contributed by atoms with van der Waals surface area (Å²) in [5, 5.41) is 8.39. The molecule has 0 atom stereocenters. The normalized spacial score (nSPS) is 11.4. The van der Waals surface area contributed by atoms with Crippen molar-refractivity contribution in [2.24, 2.45) is 0 Å². The fraction of sp³-hybridized carbons (Fsp3) is 0. The Morgan fingerprint density at radius 3 is 2.48 bits per heavy atom. The van der Waals surface area contributed by atoms with Crippen LogP contribution in [-0.2, 0) is 14.8 Å². The molecule has 8 heteroatoms. The van der Waals surface area contributed by atoms with Crippen molar-refractivity contribution in [2.75, 3.05) is 4.53 Å². The van der Waals surface area contributed by atoms with E-state index in [0.29, 0.717) is 5.56 Å². The van der Waals surface area contributed by atoms with E-state index >= 15 is 0 Å². The number of para-hydroxylation sites is 1. The quantitative estimate of drug-likeness (QED) is 0.380. The zero-order chi connectivity index (χ0) is 16.9. The lowest BCUT2D eigenvalue weighted by Gasteiger charge is -2.14. The second-order valence-corrected chi connectivity index (χ2v) is 6.18. The van der Waals surface area contributed by atoms with Crippen LogP contribution in [0.5, 0.6) is 0 Å². The van der Waals surface area contributed by atoms with E-state index in [4.69, 9.17) is 5.21 Å². The molecule has 0 aliphatic heterocycles. The van der Waals surface area contributed by atoms with E-state index in [9.17, 15) is 17.7 Å². The van der Waals surface area contributed by atoms with Gasteiger partial charge in [0.1, 0.15) is 0 Å². The molecule has 0 saturated carbocycles. The molecule has 23 heavy (non-hydrogen) atoms. The number of nitrogens with zero attached hydrogens (tertiary/aromatic N) is 1. The van der Waals surface area contributed by atoms with Crippen LogP contribution in [0.1, 0.15) is 5.56 Å². The fourth-order valence-electron chi connectivity index (χ4n) is 1.76. The van der Waals surface area contributed by atoms with Crippen molar-refractivity contribution in [2.45, 2.75) is 4.90 Å². The summed E-state index contributed by atoms with van der Waals surface area (Å²) >= 11 is 0. The topological polar surface area (TPSA) is 86.7 Å². The molecular formula is C15H13FN2O4S. The van der Waals surface area contributed by atoms with Gasteiger partial charge in [0.2, 0.25) is 0 Å². The SMILES string of the molecule is O=C(C=Cc1cccc(S(=O)(=O)N(F)c2ccccc2)c1)NO. The monoisotopic (exact) mass is 336 g/mol. The van der Waals surface area contributed by atoms with Gasteiger partial charge in [-0.25, -0.2) is 5.48 Å². The zero-order valence-electron chi connectivity index (χ0n) is 11.8. The molecular weight excluding hydrogens is 323 g/mol. The van der Waals surface area contributed by atoms with Gasteiger partial charge in [-0.05, 0) is 35.9 Å². The van der Waals surface area contributed by atoms with Crippen LogP contribution in [0, 0.1) is 0 Å². The van der Waals surface area contributed by atoms with Gasteiger partial charge < -0.3 is 0 Å². The van der Waals surface area contributed by atoms with Crippen LogP contribution in [-0.4, -0.2) is 19.5 Å². The molecule has 0 aliphatic carbocycles. The maximum Gasteiger partial charge on any atom is 0.290 e. The molecule has 0 bridgehead atoms. The summed E-state index contributed by atoms with van der Waals surface area (Å²) in [6.07, 6.45) is 2.30. The van der Waals surface area contributed by atoms with Gasteiger partial charge in [0, 0.05) is 6.08 Å². The number of carbonyl (C=O) groups is 1. The van der Waals surface area contributed by atoms with Gasteiger partial charge in [-0.1, -0.05) is 39.3 Å². The third kappa shape index (κ3) is 3.93. The van der Waals surface area contributed by atoms with Crippen molar-refractivity contribution < 1.29 is 22.9 Å². The third-order valence-electron chi connectivity index (χ3n) is 2.86. The minimum absolute atomic E-state index is 0.117. The summed E-state index contributed by atoms with van der Waals surface area (Å²) in [7, 11) is -4.38. The average Bonchev–Trinajstić information content (AvgIpc) is 2.60. The van der Waals surface area contributed by atoms with Crippen LogP contribution in [0.2, 0.25) is 0 Å². The number of benzene rings is 2. The number of sulfonamides is 1. The van der Waals surface area contributed by atoms with E-state index in [-0.39, 0.29) is 15.1 Å². The number of halogens is 1. The Hall–Kier alpha value is -2.71. The van der Waals surface area contributed by atoms with Crippen LogP contribution >= 0.6 is 0 Å². The molecule has 0 unspecified atom stereocenters. The highest BCUT2D eigenvalue weighted by molar-refractivity contribution is 7.92. The molecule has 0 radical (unpaired) electrons. The summed E-state index contributed by atoms with van der Waals surface area (Å²) in [5.74, 6) is -0.769. The van der Waals surface area contributed by atoms with Gasteiger partial charge in [0.25, 0.3) is 15.9 Å². The molecule has 0 aliphatic rings. The molecule has 2 rings (SSSR count). The van der Waals surface area contributed by atoms with Crippen molar-refractivity contribution in [1.82, 2.24) is 5.48 Å². The highest BCUT2D eigenvalue weighted by atomic mass is 32.2. The van der Waals surface area contributed by atoms with Gasteiger partial charge in [-0.15, -0.1) is 0 Å². The van der Waals surface area contributed by atoms with Gasteiger partial charge >= 0.3 is 0 Å². The summed E-state index contributed by atoms with van der Waals surface area (Å²) in [5.41, 5.74) is 1.65. The lowest BCUT2D eigenvalue weighted by molar-refractivity contribution is -0.124. The molecule has 0 fully saturated rings. The van der Waals surface area contributed by atoms with Gasteiger partial charge in [-0.3, -0.25) is 10.0 Å². The fourth-order valence-corrected chi connectivity index (χ4v) is 2.88. The number of hydrogen-bond donors (Lipinski definition) is 2. The molecule has 2 aromatic rings. The Morgan fingerprint density at radius 1 is 1.13 bits per heavy atom. The summed E-state index contributed by atoms with van der Waals surface area (Å²) < 4.78 is 38.5. The lowest BCUT2D eigenvalue weighted by Crippen LogP contribution is -2.22. The van der Waals surface area contributed by atoms with Crippen molar-refractivity contribution in [3.05, 3.63) is 66.2 Å². The minimum atomic E-state index is -4.38. The predicted octanol–water partition coefficient (Wildman–Crippen LogP) is 2.28. The Bertz CT molecular complexity index is 822. The van der Waals surface area contributed by atoms with Gasteiger partial charge in [-0.2, -0.15) is 8.42 Å². The third-order valence-corrected chi connectivity index (χ3v) is 4.35. The van der Waals surface area contributed by atoms with Crippen molar-refractivity contribution >= 4 is 27.7 Å². The molecule has 120 valence electrons. The molecule has 6 nitrogen and oxygen atoms in total. The van der Waals surface area contributed by atoms with E-state index in [1.54, 1.807) is 6.07 Å². The Balaban J connectivity index is 2.34. The van der Waals surface area contributed by atoms with Crippen molar-refractivity contribution in [3.8, 4) is 0 Å². The first-order valence-electron chi connectivity index (χ1n) is 6.43. The first-order valence-corrected chi connectivity index (χ1v) is 7.87. The largest absolute Gasteiger partial charge is 0.290 e. The summed E-state index contributed by atoms with van der Waals surface area (Å²) in [4.78, 5) is 10.7. The maximum atomic E-state index is 14.2. The number of rotatable bonds is 5. The van der Waals surface area contributed by atoms with Crippen LogP contribution in [0.3, 0.4) is 0 Å². The van der Waals surface area contributed by atoms with Crippen LogP contribution in [0.15, 0.2) is 65.6 Å². The smallest absolute Gasteiger partial charge is 0.288 e. The highest BCUT2D eigenvalue weighted by Gasteiger charge is 2.25. The number of anilines is 1. The molecule has 2 N–H and O–H groups in total. The molecule has 0 spiro atoms. The zero-order valence-corrected chi connectivity index (χ0v) is 12.6. The Morgan fingerprint density at radius 2 is 1.83 bits per heavy atom. The molecule has 0 saturated heterocycles. The number of carbonyl (C=O) groups excluding carboxylic acids is 1. The number of nitrogens with one attached hydrogen (secondary N) is 1. The van der Waals surface area contributed by atoms with Crippen LogP contribution < -0.4 is 10.0 Å². The van der Waals surface area contributed by atoms with Crippen molar-refractivity contribution in [1.29, 1.82) is 0 Å². The highest BCUT2D eigenvalue weighted by Crippen LogP contribution is 2.24. The lowest BCUT2D eigenvalue weighted by atomic mass is 10.2. The average molecular weight is 336 g/mol. The maximum absolute atomic E-state index is 14.2. The first-order chi connectivity index (χ1) is 10.9. The van der Waals surface area contributed by atoms with E-state index in [0.717, 1.165) is 6.08 Å². The van der Waals surface area contributed by atoms with Gasteiger partial charge in [0.15, 0.2) is 0 Å². The first kappa shape index (κ1) is 16.7. The summed E-state index contributed by atoms with van der Waals surface area (Å²) in [6.45, 7) is 0. The number of amides is 1. The minimum Gasteiger partial charge on any atom is -0.288 e. The van der Waals surface area contributed by atoms with E-state index in [1.165, 1.54) is 60.1 Å². The van der Waals surface area contributed by atoms with Crippen LogP contribution in [0.25, 0.3) is 6.08 Å². The van der Waals surface area contributed by atoms with Crippen molar-refractivity contribution in [3.63, 3.8) is 0 Å². The summed E-state index contributed by atoms with van der Waals surface area (Å²) in [6, 6.07) is 12.7. The van der Waals surface area contributed by atoms with E-state index in [1.807, 2.05) is 0 Å². The van der Waals surface area contributed by atoms with E-state index < -0.39 is 15.9 Å². The molecule has 0 aromatic heterocycles. The number of hydroxylamine groups is 1. The Kier molecular flexibility index (Phi) is 5.09. The standard InChI is InChI=1S/C15H13FN2O4S/c16-18(13-6-2-1-3-7-13)23(21,22)14-8-4-5-12(11-14)9-10-15(19)17-20/h1-11,20H,(H,17,19). The second kappa shape index (κ2) is 7.03. The van der Waals surface area contributed by atoms with E-state index in [2.05, 4.69) is 0 Å². The molecule has 0 heterocycles. The van der Waals surface area contributed by atoms with Gasteiger partial charge in [0.05, 0.1) is 10.6 Å². The number of hydrogen-bond acceptors (Lipinski definition) is 4. The second-order valence-electron chi connectivity index (χ2n) is 4.44. The Labute approximate surface area is 132 Å². The molecule has 2 aromatic carbocycles. The molecule has 1 amide bonds.